The van der Waals surface area contributed by atoms with Crippen LogP contribution in [-0.4, -0.2) is 32.4 Å². The number of amides is 1. The van der Waals surface area contributed by atoms with Gasteiger partial charge in [-0.1, -0.05) is 29.3 Å². The molecular weight excluding hydrogens is 449 g/mol. The second-order valence-corrected chi connectivity index (χ2v) is 6.85. The Morgan fingerprint density at radius 3 is 2.65 bits per heavy atom. The van der Waals surface area contributed by atoms with Crippen molar-refractivity contribution in [3.63, 3.8) is 0 Å². The number of carbonyl (C=O) groups excluding carboxylic acids is 1. The zero-order chi connectivity index (χ0) is 22.4. The van der Waals surface area contributed by atoms with Gasteiger partial charge in [0.1, 0.15) is 17.9 Å². The molecule has 0 fully saturated rings. The smallest absolute Gasteiger partial charge is 0.355 e. The van der Waals surface area contributed by atoms with Gasteiger partial charge in [-0.05, 0) is 36.8 Å². The zero-order valence-corrected chi connectivity index (χ0v) is 17.4. The number of aryl methyl sites for hydroxylation is 1. The maximum Gasteiger partial charge on any atom is 0.355 e. The molecule has 0 aliphatic rings. The van der Waals surface area contributed by atoms with Crippen LogP contribution in [0.25, 0.3) is 0 Å². The SMILES string of the molecule is Cc1cccnc1Nc1ncnc(NNC(=O)COc2ccc(Cl)cc2Cl)c1[N+](=O)[O-]. The molecule has 0 saturated carbocycles. The molecule has 0 atom stereocenters. The maximum absolute atomic E-state index is 12.1. The number of nitrogens with zero attached hydrogens (tertiary/aromatic N) is 4. The first kappa shape index (κ1) is 22.0. The number of anilines is 3. The number of rotatable bonds is 8. The second-order valence-electron chi connectivity index (χ2n) is 6.01. The Kier molecular flexibility index (Phi) is 7.00. The average Bonchev–Trinajstić information content (AvgIpc) is 2.73. The third-order valence-corrected chi connectivity index (χ3v) is 4.35. The summed E-state index contributed by atoms with van der Waals surface area (Å²) in [4.78, 5) is 34.8. The predicted octanol–water partition coefficient (Wildman–Crippen LogP) is 3.66. The minimum Gasteiger partial charge on any atom is -0.482 e. The number of carbonyl (C=O) groups is 1. The third-order valence-electron chi connectivity index (χ3n) is 3.82. The molecule has 0 saturated heterocycles. The summed E-state index contributed by atoms with van der Waals surface area (Å²) in [6.07, 6.45) is 2.64. The van der Waals surface area contributed by atoms with Crippen LogP contribution in [0.4, 0.5) is 23.1 Å². The van der Waals surface area contributed by atoms with Gasteiger partial charge in [-0.25, -0.2) is 15.0 Å². The molecule has 0 aliphatic heterocycles. The Bertz CT molecular complexity index is 1130. The highest BCUT2D eigenvalue weighted by molar-refractivity contribution is 6.35. The Hall–Kier alpha value is -3.70. The summed E-state index contributed by atoms with van der Waals surface area (Å²) in [7, 11) is 0. The molecule has 3 N–H and O–H groups in total. The van der Waals surface area contributed by atoms with Crippen molar-refractivity contribution in [3.05, 3.63) is 68.6 Å². The van der Waals surface area contributed by atoms with Crippen molar-refractivity contribution in [2.24, 2.45) is 0 Å². The fourth-order valence-corrected chi connectivity index (χ4v) is 2.83. The highest BCUT2D eigenvalue weighted by Crippen LogP contribution is 2.31. The summed E-state index contributed by atoms with van der Waals surface area (Å²) >= 11 is 11.8. The molecule has 1 amide bonds. The number of pyridine rings is 1. The predicted molar refractivity (Wildman–Crippen MR) is 115 cm³/mol. The van der Waals surface area contributed by atoms with Gasteiger partial charge in [-0.2, -0.15) is 0 Å². The monoisotopic (exact) mass is 463 g/mol. The number of ether oxygens (including phenoxy) is 1. The molecule has 2 heterocycles. The Morgan fingerprint density at radius 2 is 1.94 bits per heavy atom. The standard InChI is InChI=1S/C18H15Cl2N7O4/c1-10-3-2-6-21-16(10)24-17-15(27(29)30)18(23-9-22-17)26-25-14(28)8-31-13-5-4-11(19)7-12(13)20/h2-7,9H,8H2,1H3,(H,25,28)(H2,21,22,23,24,26). The van der Waals surface area contributed by atoms with Crippen LogP contribution in [0.1, 0.15) is 5.56 Å². The molecule has 1 aromatic carbocycles. The van der Waals surface area contributed by atoms with E-state index in [1.54, 1.807) is 25.1 Å². The first-order chi connectivity index (χ1) is 14.8. The van der Waals surface area contributed by atoms with Crippen LogP contribution in [0.2, 0.25) is 10.0 Å². The summed E-state index contributed by atoms with van der Waals surface area (Å²) in [5.74, 6) is -0.301. The number of hydrazine groups is 1. The summed E-state index contributed by atoms with van der Waals surface area (Å²) < 4.78 is 5.31. The van der Waals surface area contributed by atoms with E-state index in [1.165, 1.54) is 18.3 Å². The van der Waals surface area contributed by atoms with Gasteiger partial charge in [-0.3, -0.25) is 25.8 Å². The fourth-order valence-electron chi connectivity index (χ4n) is 2.36. The Morgan fingerprint density at radius 1 is 1.16 bits per heavy atom. The Balaban J connectivity index is 1.69. The van der Waals surface area contributed by atoms with E-state index >= 15 is 0 Å². The van der Waals surface area contributed by atoms with Gasteiger partial charge >= 0.3 is 5.69 Å². The number of nitrogens with one attached hydrogen (secondary N) is 3. The van der Waals surface area contributed by atoms with Crippen molar-refractivity contribution in [3.8, 4) is 5.75 Å². The van der Waals surface area contributed by atoms with Crippen LogP contribution in [-0.2, 0) is 4.79 Å². The van der Waals surface area contributed by atoms with E-state index in [0.717, 1.165) is 11.9 Å². The molecule has 0 unspecified atom stereocenters. The van der Waals surface area contributed by atoms with Gasteiger partial charge in [0.15, 0.2) is 6.61 Å². The van der Waals surface area contributed by atoms with Gasteiger partial charge in [-0.15, -0.1) is 0 Å². The number of benzene rings is 1. The molecule has 0 radical (unpaired) electrons. The van der Waals surface area contributed by atoms with Crippen LogP contribution < -0.4 is 20.9 Å². The van der Waals surface area contributed by atoms with Crippen LogP contribution in [0, 0.1) is 17.0 Å². The maximum atomic E-state index is 12.1. The van der Waals surface area contributed by atoms with Crippen molar-refractivity contribution in [1.82, 2.24) is 20.4 Å². The van der Waals surface area contributed by atoms with E-state index in [-0.39, 0.29) is 22.4 Å². The van der Waals surface area contributed by atoms with E-state index in [2.05, 4.69) is 31.1 Å². The number of hydrogen-bond acceptors (Lipinski definition) is 9. The first-order valence-corrected chi connectivity index (χ1v) is 9.41. The number of hydrogen-bond donors (Lipinski definition) is 3. The number of aromatic nitrogens is 3. The molecule has 2 aromatic heterocycles. The van der Waals surface area contributed by atoms with Crippen molar-refractivity contribution in [2.45, 2.75) is 6.92 Å². The molecule has 13 heteroatoms. The lowest BCUT2D eigenvalue weighted by Gasteiger charge is -2.12. The molecule has 11 nitrogen and oxygen atoms in total. The summed E-state index contributed by atoms with van der Waals surface area (Å²) in [6.45, 7) is 1.38. The number of halogens is 2. The van der Waals surface area contributed by atoms with E-state index in [1.807, 2.05) is 0 Å². The first-order valence-electron chi connectivity index (χ1n) is 8.66. The van der Waals surface area contributed by atoms with Crippen LogP contribution in [0.3, 0.4) is 0 Å². The topological polar surface area (TPSA) is 144 Å². The van der Waals surface area contributed by atoms with Crippen LogP contribution >= 0.6 is 23.2 Å². The van der Waals surface area contributed by atoms with Crippen LogP contribution in [0.5, 0.6) is 5.75 Å². The molecule has 31 heavy (non-hydrogen) atoms. The minimum atomic E-state index is -0.681. The molecule has 0 aliphatic carbocycles. The van der Waals surface area contributed by atoms with Crippen molar-refractivity contribution in [2.75, 3.05) is 17.3 Å². The van der Waals surface area contributed by atoms with Gasteiger partial charge in [0.25, 0.3) is 5.91 Å². The van der Waals surface area contributed by atoms with Gasteiger partial charge < -0.3 is 10.1 Å². The van der Waals surface area contributed by atoms with E-state index in [4.69, 9.17) is 27.9 Å². The molecule has 0 bridgehead atoms. The number of nitro groups is 1. The fraction of sp³-hybridized carbons (Fsp3) is 0.111. The quantitative estimate of drug-likeness (QED) is 0.336. The summed E-state index contributed by atoms with van der Waals surface area (Å²) in [5, 5.41) is 15.1. The van der Waals surface area contributed by atoms with Gasteiger partial charge in [0.2, 0.25) is 11.6 Å². The minimum absolute atomic E-state index is 0.0947. The Labute approximate surface area is 185 Å². The highest BCUT2D eigenvalue weighted by atomic mass is 35.5. The average molecular weight is 464 g/mol. The molecule has 0 spiro atoms. The molecular formula is C18H15Cl2N7O4. The molecule has 160 valence electrons. The van der Waals surface area contributed by atoms with E-state index in [0.29, 0.717) is 10.8 Å². The van der Waals surface area contributed by atoms with Gasteiger partial charge in [0, 0.05) is 11.2 Å². The largest absolute Gasteiger partial charge is 0.482 e. The van der Waals surface area contributed by atoms with Gasteiger partial charge in [0.05, 0.1) is 9.95 Å². The zero-order valence-electron chi connectivity index (χ0n) is 15.9. The van der Waals surface area contributed by atoms with E-state index in [9.17, 15) is 14.9 Å². The highest BCUT2D eigenvalue weighted by Gasteiger charge is 2.24. The summed E-state index contributed by atoms with van der Waals surface area (Å²) in [5.41, 5.74) is 4.97. The van der Waals surface area contributed by atoms with E-state index < -0.39 is 23.1 Å². The van der Waals surface area contributed by atoms with Crippen LogP contribution in [0.15, 0.2) is 42.9 Å². The summed E-state index contributed by atoms with van der Waals surface area (Å²) in [6, 6.07) is 8.06. The van der Waals surface area contributed by atoms with Crippen molar-refractivity contribution < 1.29 is 14.5 Å². The third kappa shape index (κ3) is 5.68. The van der Waals surface area contributed by atoms with Crippen molar-refractivity contribution >= 4 is 52.3 Å². The molecule has 3 rings (SSSR count). The lowest BCUT2D eigenvalue weighted by atomic mass is 10.3. The lowest BCUT2D eigenvalue weighted by molar-refractivity contribution is -0.383. The normalized spacial score (nSPS) is 10.3. The second kappa shape index (κ2) is 9.87. The molecule has 3 aromatic rings. The van der Waals surface area contributed by atoms with Crippen molar-refractivity contribution in [1.29, 1.82) is 0 Å². The lowest BCUT2D eigenvalue weighted by Crippen LogP contribution is -2.34.